The zero-order valence-corrected chi connectivity index (χ0v) is 14.2. The predicted molar refractivity (Wildman–Crippen MR) is 92.2 cm³/mol. The second-order valence-corrected chi connectivity index (χ2v) is 5.79. The van der Waals surface area contributed by atoms with E-state index in [0.717, 1.165) is 11.3 Å². The first-order valence-electron chi connectivity index (χ1n) is 7.37. The van der Waals surface area contributed by atoms with Crippen molar-refractivity contribution in [3.63, 3.8) is 0 Å². The molecule has 6 nitrogen and oxygen atoms in total. The Hall–Kier alpha value is -2.60. The highest BCUT2D eigenvalue weighted by atomic mass is 35.5. The molecule has 0 radical (unpaired) electrons. The topological polar surface area (TPSA) is 91.1 Å². The minimum atomic E-state index is -0.430. The van der Waals surface area contributed by atoms with Gasteiger partial charge in [-0.05, 0) is 37.6 Å². The summed E-state index contributed by atoms with van der Waals surface area (Å²) in [6, 6.07) is 8.41. The lowest BCUT2D eigenvalue weighted by molar-refractivity contribution is -0.120. The molecule has 7 heteroatoms. The zero-order chi connectivity index (χ0) is 17.7. The first-order valence-corrected chi connectivity index (χ1v) is 7.75. The van der Waals surface area contributed by atoms with Gasteiger partial charge in [0.2, 0.25) is 5.91 Å². The summed E-state index contributed by atoms with van der Waals surface area (Å²) in [6.45, 7) is 3.50. The van der Waals surface area contributed by atoms with Gasteiger partial charge in [-0.2, -0.15) is 0 Å². The van der Waals surface area contributed by atoms with E-state index >= 15 is 0 Å². The lowest BCUT2D eigenvalue weighted by atomic mass is 10.1. The molecule has 0 aliphatic carbocycles. The smallest absolute Gasteiger partial charge is 0.253 e. The van der Waals surface area contributed by atoms with Crippen molar-refractivity contribution in [1.82, 2.24) is 15.6 Å². The average molecular weight is 348 g/mol. The SMILES string of the molecule is Cc1cc(C)c(CNC(=O)CNC(=O)c2ccccc2Cl)c(=O)[nH]1. The van der Waals surface area contributed by atoms with Crippen LogP contribution in [0.4, 0.5) is 0 Å². The number of rotatable bonds is 5. The highest BCUT2D eigenvalue weighted by molar-refractivity contribution is 6.33. The van der Waals surface area contributed by atoms with Crippen LogP contribution < -0.4 is 16.2 Å². The van der Waals surface area contributed by atoms with Crippen molar-refractivity contribution in [3.8, 4) is 0 Å². The Kier molecular flexibility index (Phi) is 5.76. The second-order valence-electron chi connectivity index (χ2n) is 5.38. The summed E-state index contributed by atoms with van der Waals surface area (Å²) in [6.07, 6.45) is 0. The third-order valence-corrected chi connectivity index (χ3v) is 3.81. The number of aromatic nitrogens is 1. The van der Waals surface area contributed by atoms with Crippen LogP contribution >= 0.6 is 11.6 Å². The molecule has 0 aliphatic heterocycles. The van der Waals surface area contributed by atoms with Crippen molar-refractivity contribution in [2.45, 2.75) is 20.4 Å². The van der Waals surface area contributed by atoms with Gasteiger partial charge in [0.15, 0.2) is 0 Å². The molecule has 2 amide bonds. The van der Waals surface area contributed by atoms with E-state index in [4.69, 9.17) is 11.6 Å². The number of pyridine rings is 1. The number of carbonyl (C=O) groups excluding carboxylic acids is 2. The Labute approximate surface area is 144 Å². The number of benzene rings is 1. The summed E-state index contributed by atoms with van der Waals surface area (Å²) in [5.41, 5.74) is 2.13. The summed E-state index contributed by atoms with van der Waals surface area (Å²) in [7, 11) is 0. The van der Waals surface area contributed by atoms with E-state index < -0.39 is 11.8 Å². The van der Waals surface area contributed by atoms with E-state index in [-0.39, 0.29) is 18.6 Å². The third kappa shape index (κ3) is 4.45. The molecule has 0 saturated heterocycles. The Bertz CT molecular complexity index is 830. The molecular weight excluding hydrogens is 330 g/mol. The molecule has 3 N–H and O–H groups in total. The van der Waals surface area contributed by atoms with E-state index in [1.807, 2.05) is 13.0 Å². The van der Waals surface area contributed by atoms with Crippen LogP contribution in [0.3, 0.4) is 0 Å². The molecule has 0 unspecified atom stereocenters. The van der Waals surface area contributed by atoms with Crippen LogP contribution in [0.25, 0.3) is 0 Å². The summed E-state index contributed by atoms with van der Waals surface area (Å²) in [4.78, 5) is 38.4. The number of hydrogen-bond acceptors (Lipinski definition) is 3. The van der Waals surface area contributed by atoms with Crippen LogP contribution in [-0.2, 0) is 11.3 Å². The van der Waals surface area contributed by atoms with Gasteiger partial charge < -0.3 is 15.6 Å². The van der Waals surface area contributed by atoms with Gasteiger partial charge in [0.1, 0.15) is 0 Å². The molecule has 24 heavy (non-hydrogen) atoms. The van der Waals surface area contributed by atoms with E-state index in [0.29, 0.717) is 16.1 Å². The van der Waals surface area contributed by atoms with Gasteiger partial charge in [0, 0.05) is 17.8 Å². The minimum absolute atomic E-state index is 0.0994. The summed E-state index contributed by atoms with van der Waals surface area (Å²) in [5, 5.41) is 5.42. The van der Waals surface area contributed by atoms with Crippen LogP contribution in [0.1, 0.15) is 27.2 Å². The van der Waals surface area contributed by atoms with Crippen LogP contribution in [0.15, 0.2) is 35.1 Å². The molecule has 0 fully saturated rings. The molecular formula is C17H18ClN3O3. The molecule has 1 heterocycles. The van der Waals surface area contributed by atoms with Crippen molar-refractivity contribution in [3.05, 3.63) is 68.1 Å². The largest absolute Gasteiger partial charge is 0.350 e. The van der Waals surface area contributed by atoms with Crippen LogP contribution in [0.2, 0.25) is 5.02 Å². The summed E-state index contributed by atoms with van der Waals surface area (Å²) < 4.78 is 0. The summed E-state index contributed by atoms with van der Waals surface area (Å²) in [5.74, 6) is -0.824. The van der Waals surface area contributed by atoms with Crippen molar-refractivity contribution in [2.24, 2.45) is 0 Å². The summed E-state index contributed by atoms with van der Waals surface area (Å²) >= 11 is 5.92. The van der Waals surface area contributed by atoms with Crippen molar-refractivity contribution < 1.29 is 9.59 Å². The Balaban J connectivity index is 1.90. The number of carbonyl (C=O) groups is 2. The molecule has 0 bridgehead atoms. The van der Waals surface area contributed by atoms with Gasteiger partial charge in [-0.3, -0.25) is 14.4 Å². The number of aromatic amines is 1. The second kappa shape index (κ2) is 7.79. The van der Waals surface area contributed by atoms with Gasteiger partial charge in [0.25, 0.3) is 11.5 Å². The molecule has 126 valence electrons. The molecule has 0 spiro atoms. The fourth-order valence-corrected chi connectivity index (χ4v) is 2.47. The molecule has 1 aromatic heterocycles. The van der Waals surface area contributed by atoms with Gasteiger partial charge in [-0.15, -0.1) is 0 Å². The highest BCUT2D eigenvalue weighted by Gasteiger charge is 2.12. The maximum absolute atomic E-state index is 12.0. The van der Waals surface area contributed by atoms with Crippen LogP contribution in [-0.4, -0.2) is 23.3 Å². The normalized spacial score (nSPS) is 10.3. The Morgan fingerprint density at radius 3 is 2.54 bits per heavy atom. The quantitative estimate of drug-likeness (QED) is 0.768. The van der Waals surface area contributed by atoms with Crippen molar-refractivity contribution in [1.29, 1.82) is 0 Å². The fraction of sp³-hybridized carbons (Fsp3) is 0.235. The Morgan fingerprint density at radius 1 is 1.17 bits per heavy atom. The number of nitrogens with one attached hydrogen (secondary N) is 3. The van der Waals surface area contributed by atoms with Crippen LogP contribution in [0.5, 0.6) is 0 Å². The predicted octanol–water partition coefficient (Wildman–Crippen LogP) is 1.69. The number of aryl methyl sites for hydroxylation is 2. The standard InChI is InChI=1S/C17H18ClN3O3/c1-10-7-11(2)21-17(24)13(10)8-19-15(22)9-20-16(23)12-5-3-4-6-14(12)18/h3-7H,8-9H2,1-2H3,(H,19,22)(H,20,23)(H,21,24). The van der Waals surface area contributed by atoms with Crippen molar-refractivity contribution >= 4 is 23.4 Å². The molecule has 0 saturated carbocycles. The van der Waals surface area contributed by atoms with Gasteiger partial charge in [-0.25, -0.2) is 0 Å². The number of amides is 2. The first kappa shape index (κ1) is 17.7. The minimum Gasteiger partial charge on any atom is -0.350 e. The zero-order valence-electron chi connectivity index (χ0n) is 13.4. The maximum atomic E-state index is 12.0. The molecule has 2 rings (SSSR count). The van der Waals surface area contributed by atoms with Gasteiger partial charge in [0.05, 0.1) is 17.1 Å². The third-order valence-electron chi connectivity index (χ3n) is 3.48. The van der Waals surface area contributed by atoms with E-state index in [1.54, 1.807) is 31.2 Å². The molecule has 1 aromatic carbocycles. The highest BCUT2D eigenvalue weighted by Crippen LogP contribution is 2.14. The molecule has 2 aromatic rings. The van der Waals surface area contributed by atoms with Gasteiger partial charge >= 0.3 is 0 Å². The maximum Gasteiger partial charge on any atom is 0.253 e. The number of H-pyrrole nitrogens is 1. The van der Waals surface area contributed by atoms with E-state index in [2.05, 4.69) is 15.6 Å². The Morgan fingerprint density at radius 2 is 1.88 bits per heavy atom. The fourth-order valence-electron chi connectivity index (χ4n) is 2.25. The van der Waals surface area contributed by atoms with Crippen LogP contribution in [0, 0.1) is 13.8 Å². The van der Waals surface area contributed by atoms with E-state index in [1.165, 1.54) is 0 Å². The first-order chi connectivity index (χ1) is 11.4. The average Bonchev–Trinajstić information content (AvgIpc) is 2.52. The van der Waals surface area contributed by atoms with E-state index in [9.17, 15) is 14.4 Å². The lowest BCUT2D eigenvalue weighted by Gasteiger charge is -2.09. The number of hydrogen-bond donors (Lipinski definition) is 3. The molecule has 0 atom stereocenters. The van der Waals surface area contributed by atoms with Crippen molar-refractivity contribution in [2.75, 3.05) is 6.54 Å². The number of halogens is 1. The molecule has 0 aliphatic rings. The van der Waals surface area contributed by atoms with Gasteiger partial charge in [-0.1, -0.05) is 23.7 Å². The monoisotopic (exact) mass is 347 g/mol. The lowest BCUT2D eigenvalue weighted by Crippen LogP contribution is -2.37.